The summed E-state index contributed by atoms with van der Waals surface area (Å²) >= 11 is 1.02. The molecule has 0 saturated carbocycles. The fourth-order valence-corrected chi connectivity index (χ4v) is 2.13. The third-order valence-corrected chi connectivity index (χ3v) is 3.30. The van der Waals surface area contributed by atoms with Crippen molar-refractivity contribution in [3.8, 4) is 0 Å². The Labute approximate surface area is 108 Å². The molecule has 98 valence electrons. The third kappa shape index (κ3) is 3.91. The van der Waals surface area contributed by atoms with Gasteiger partial charge in [0.1, 0.15) is 5.82 Å². The van der Waals surface area contributed by atoms with Crippen LogP contribution in [-0.2, 0) is 4.79 Å². The molecule has 0 saturated heterocycles. The summed E-state index contributed by atoms with van der Waals surface area (Å²) in [5.74, 6) is -2.54. The number of thioether (sulfide) groups is 1. The molecular weight excluding hydrogens is 261 g/mol. The Bertz CT molecular complexity index is 484. The molecule has 0 atom stereocenters. The van der Waals surface area contributed by atoms with Gasteiger partial charge in [0, 0.05) is 16.2 Å². The molecule has 1 nitrogen and oxygen atoms in total. The van der Waals surface area contributed by atoms with E-state index in [0.717, 1.165) is 17.8 Å². The highest BCUT2D eigenvalue weighted by Gasteiger charge is 2.15. The van der Waals surface area contributed by atoms with E-state index in [4.69, 9.17) is 0 Å². The first-order valence-electron chi connectivity index (χ1n) is 5.37. The number of carbonyl (C=O) groups excluding carboxylic acids is 1. The van der Waals surface area contributed by atoms with E-state index in [-0.39, 0.29) is 16.2 Å². The van der Waals surface area contributed by atoms with Crippen molar-refractivity contribution < 1.29 is 18.0 Å². The number of allylic oxidation sites excluding steroid dienone is 2. The van der Waals surface area contributed by atoms with Gasteiger partial charge < -0.3 is 0 Å². The van der Waals surface area contributed by atoms with E-state index in [9.17, 15) is 18.0 Å². The van der Waals surface area contributed by atoms with E-state index in [1.807, 2.05) is 0 Å². The summed E-state index contributed by atoms with van der Waals surface area (Å²) in [5, 5.41) is 0. The molecule has 0 unspecified atom stereocenters. The fraction of sp³-hybridized carbons (Fsp3) is 0.308. The minimum Gasteiger partial charge on any atom is -0.295 e. The predicted molar refractivity (Wildman–Crippen MR) is 66.2 cm³/mol. The van der Waals surface area contributed by atoms with Gasteiger partial charge in [0.2, 0.25) is 0 Å². The average Bonchev–Trinajstić information content (AvgIpc) is 2.32. The second-order valence-corrected chi connectivity index (χ2v) is 4.90. The second-order valence-electron chi connectivity index (χ2n) is 3.76. The Morgan fingerprint density at radius 1 is 1.33 bits per heavy atom. The average molecular weight is 274 g/mol. The van der Waals surface area contributed by atoms with E-state index in [2.05, 4.69) is 0 Å². The number of carbonyl (C=O) groups is 1. The lowest BCUT2D eigenvalue weighted by molar-refractivity contribution is -0.112. The van der Waals surface area contributed by atoms with Crippen molar-refractivity contribution in [1.29, 1.82) is 0 Å². The van der Waals surface area contributed by atoms with Crippen LogP contribution < -0.4 is 0 Å². The summed E-state index contributed by atoms with van der Waals surface area (Å²) in [6.07, 6.45) is 3.59. The smallest absolute Gasteiger partial charge is 0.172 e. The van der Waals surface area contributed by atoms with Crippen LogP contribution in [0.5, 0.6) is 0 Å². The lowest BCUT2D eigenvalue weighted by Crippen LogP contribution is -1.96. The van der Waals surface area contributed by atoms with Gasteiger partial charge in [-0.3, -0.25) is 4.79 Å². The minimum atomic E-state index is -1.14. The molecule has 0 N–H and O–H groups in total. The van der Waals surface area contributed by atoms with Gasteiger partial charge in [-0.15, -0.1) is 11.8 Å². The molecule has 1 rings (SSSR count). The van der Waals surface area contributed by atoms with Gasteiger partial charge in [-0.2, -0.15) is 0 Å². The largest absolute Gasteiger partial charge is 0.295 e. The molecule has 0 aliphatic heterocycles. The number of rotatable bonds is 5. The summed E-state index contributed by atoms with van der Waals surface area (Å²) in [5.41, 5.74) is -0.312. The summed E-state index contributed by atoms with van der Waals surface area (Å²) in [6.45, 7) is 2.62. The first-order chi connectivity index (χ1) is 8.43. The van der Waals surface area contributed by atoms with Gasteiger partial charge in [0.05, 0.1) is 0 Å². The van der Waals surface area contributed by atoms with Crippen molar-refractivity contribution in [2.24, 2.45) is 0 Å². The number of halogens is 3. The first-order valence-corrected chi connectivity index (χ1v) is 6.36. The second kappa shape index (κ2) is 6.64. The fourth-order valence-electron chi connectivity index (χ4n) is 1.26. The molecule has 0 amide bonds. The van der Waals surface area contributed by atoms with Gasteiger partial charge in [0.25, 0.3) is 0 Å². The minimum absolute atomic E-state index is 0.0492. The lowest BCUT2D eigenvalue weighted by Gasteiger charge is -2.06. The van der Waals surface area contributed by atoms with Gasteiger partial charge in [0.15, 0.2) is 17.4 Å². The topological polar surface area (TPSA) is 17.1 Å². The maximum atomic E-state index is 13.4. The van der Waals surface area contributed by atoms with Gasteiger partial charge >= 0.3 is 0 Å². The van der Waals surface area contributed by atoms with E-state index in [1.54, 1.807) is 6.08 Å². The van der Waals surface area contributed by atoms with Crippen molar-refractivity contribution in [1.82, 2.24) is 0 Å². The van der Waals surface area contributed by atoms with Crippen LogP contribution in [0.15, 0.2) is 23.1 Å². The highest BCUT2D eigenvalue weighted by Crippen LogP contribution is 2.27. The van der Waals surface area contributed by atoms with E-state index in [0.29, 0.717) is 12.2 Å². The van der Waals surface area contributed by atoms with E-state index >= 15 is 0 Å². The van der Waals surface area contributed by atoms with Crippen LogP contribution in [0.4, 0.5) is 13.2 Å². The molecule has 0 aliphatic carbocycles. The molecule has 0 aromatic heterocycles. The van der Waals surface area contributed by atoms with Crippen molar-refractivity contribution >= 4 is 17.5 Å². The van der Waals surface area contributed by atoms with Crippen molar-refractivity contribution in [2.45, 2.75) is 25.2 Å². The van der Waals surface area contributed by atoms with Gasteiger partial charge in [-0.1, -0.05) is 6.08 Å². The van der Waals surface area contributed by atoms with Crippen LogP contribution in [0.3, 0.4) is 0 Å². The number of hydrogen-bond acceptors (Lipinski definition) is 2. The molecule has 1 aromatic rings. The third-order valence-electron chi connectivity index (χ3n) is 2.25. The highest BCUT2D eigenvalue weighted by atomic mass is 32.2. The number of benzene rings is 1. The zero-order valence-corrected chi connectivity index (χ0v) is 10.9. The molecule has 0 aliphatic rings. The zero-order valence-electron chi connectivity index (χ0n) is 10.1. The van der Waals surface area contributed by atoms with Crippen molar-refractivity contribution in [2.75, 3.05) is 5.75 Å². The van der Waals surface area contributed by atoms with Crippen LogP contribution in [0.1, 0.15) is 18.9 Å². The summed E-state index contributed by atoms with van der Waals surface area (Å²) < 4.78 is 39.9. The summed E-state index contributed by atoms with van der Waals surface area (Å²) in [7, 11) is 0. The van der Waals surface area contributed by atoms with Crippen molar-refractivity contribution in [3.05, 3.63) is 41.2 Å². The monoisotopic (exact) mass is 274 g/mol. The molecule has 1 aromatic carbocycles. The molecule has 0 radical (unpaired) electrons. The summed E-state index contributed by atoms with van der Waals surface area (Å²) in [6, 6.07) is 0.993. The molecule has 0 spiro atoms. The van der Waals surface area contributed by atoms with Gasteiger partial charge in [-0.05, 0) is 32.4 Å². The van der Waals surface area contributed by atoms with Gasteiger partial charge in [-0.25, -0.2) is 13.2 Å². The van der Waals surface area contributed by atoms with E-state index < -0.39 is 17.5 Å². The molecule has 5 heteroatoms. The SMILES string of the molecule is CC(=O)C=CCCSc1cc(F)c(C)c(F)c1F. The molecular formula is C13H13F3OS. The van der Waals surface area contributed by atoms with Crippen molar-refractivity contribution in [3.63, 3.8) is 0 Å². The number of ketones is 1. The summed E-state index contributed by atoms with van der Waals surface area (Å²) in [4.78, 5) is 10.6. The highest BCUT2D eigenvalue weighted by molar-refractivity contribution is 7.99. The Balaban J connectivity index is 2.66. The quantitative estimate of drug-likeness (QED) is 0.349. The lowest BCUT2D eigenvalue weighted by atomic mass is 10.2. The molecule has 0 bridgehead atoms. The Kier molecular flexibility index (Phi) is 5.47. The molecule has 18 heavy (non-hydrogen) atoms. The maximum absolute atomic E-state index is 13.4. The molecule has 0 heterocycles. The first kappa shape index (κ1) is 14.8. The standard InChI is InChI=1S/C13H13F3OS/c1-8(17)5-3-4-6-18-11-7-10(14)9(2)12(15)13(11)16/h3,5,7H,4,6H2,1-2H3. The maximum Gasteiger partial charge on any atom is 0.172 e. The predicted octanol–water partition coefficient (Wildman–Crippen LogP) is 4.04. The zero-order chi connectivity index (χ0) is 13.7. The van der Waals surface area contributed by atoms with Crippen LogP contribution >= 0.6 is 11.8 Å². The number of hydrogen-bond donors (Lipinski definition) is 0. The van der Waals surface area contributed by atoms with Crippen LogP contribution in [0.2, 0.25) is 0 Å². The Hall–Kier alpha value is -1.23. The molecule has 0 fully saturated rings. The normalized spacial score (nSPS) is 11.2. The van der Waals surface area contributed by atoms with Crippen LogP contribution in [-0.4, -0.2) is 11.5 Å². The van der Waals surface area contributed by atoms with Crippen LogP contribution in [0.25, 0.3) is 0 Å². The Morgan fingerprint density at radius 3 is 2.61 bits per heavy atom. The van der Waals surface area contributed by atoms with E-state index in [1.165, 1.54) is 19.9 Å². The Morgan fingerprint density at radius 2 is 2.00 bits per heavy atom. The van der Waals surface area contributed by atoms with Crippen LogP contribution in [0, 0.1) is 24.4 Å².